The summed E-state index contributed by atoms with van der Waals surface area (Å²) in [6, 6.07) is 16.0. The summed E-state index contributed by atoms with van der Waals surface area (Å²) in [5.41, 5.74) is 3.71. The van der Waals surface area contributed by atoms with E-state index in [9.17, 15) is 24.3 Å². The maximum atomic E-state index is 13.1. The number of aromatic nitrogens is 3. The average Bonchev–Trinajstić information content (AvgIpc) is 3.69. The summed E-state index contributed by atoms with van der Waals surface area (Å²) in [5, 5.41) is 15.9. The molecular formula is C47H47N7O8. The number of rotatable bonds is 9. The third kappa shape index (κ3) is 7.57. The van der Waals surface area contributed by atoms with Crippen LogP contribution < -0.4 is 14.8 Å². The Hall–Kier alpha value is -6.18. The molecule has 5 aromatic rings. The van der Waals surface area contributed by atoms with Crippen molar-refractivity contribution in [3.63, 3.8) is 0 Å². The first-order valence-corrected chi connectivity index (χ1v) is 21.2. The number of hydrogen-bond donors (Lipinski definition) is 2. The number of carbonyl (C=O) groups is 4. The monoisotopic (exact) mass is 837 g/mol. The highest BCUT2D eigenvalue weighted by Crippen LogP contribution is 2.39. The predicted molar refractivity (Wildman–Crippen MR) is 227 cm³/mol. The van der Waals surface area contributed by atoms with Gasteiger partial charge in [-0.2, -0.15) is 0 Å². The number of piperidine rings is 2. The molecule has 4 amide bonds. The number of morpholine rings is 1. The molecular weight excluding hydrogens is 791 g/mol. The number of aliphatic hydroxyl groups is 1. The lowest BCUT2D eigenvalue weighted by Gasteiger charge is -2.50. The van der Waals surface area contributed by atoms with Crippen molar-refractivity contribution >= 4 is 45.4 Å². The number of β-amino-alcohol motifs (C(OH)–C–C–N with tert-alkyl or cyclic N) is 1. The van der Waals surface area contributed by atoms with E-state index in [1.165, 1.54) is 17.5 Å². The molecule has 15 nitrogen and oxygen atoms in total. The van der Waals surface area contributed by atoms with Crippen molar-refractivity contribution in [1.29, 1.82) is 0 Å². The van der Waals surface area contributed by atoms with Gasteiger partial charge in [-0.15, -0.1) is 0 Å². The van der Waals surface area contributed by atoms with E-state index in [-0.39, 0.29) is 42.3 Å². The lowest BCUT2D eigenvalue weighted by atomic mass is 9.76. The highest BCUT2D eigenvalue weighted by Gasteiger charge is 2.48. The van der Waals surface area contributed by atoms with Crippen molar-refractivity contribution in [2.24, 2.45) is 7.05 Å². The first kappa shape index (κ1) is 39.9. The number of aryl methyl sites for hydroxylation is 1. The van der Waals surface area contributed by atoms with Gasteiger partial charge in [0.25, 0.3) is 11.8 Å². The quantitative estimate of drug-likeness (QED) is 0.164. The second kappa shape index (κ2) is 15.9. The van der Waals surface area contributed by atoms with Crippen molar-refractivity contribution in [1.82, 2.24) is 34.6 Å². The number of ether oxygens (including phenoxy) is 3. The first-order valence-electron chi connectivity index (χ1n) is 21.2. The average molecular weight is 838 g/mol. The van der Waals surface area contributed by atoms with Crippen LogP contribution in [-0.2, 0) is 21.4 Å². The summed E-state index contributed by atoms with van der Waals surface area (Å²) in [5.74, 6) is 5.01. The minimum absolute atomic E-state index is 0.0616. The van der Waals surface area contributed by atoms with Gasteiger partial charge in [0.1, 0.15) is 24.5 Å². The molecule has 10 rings (SSSR count). The Bertz CT molecular complexity index is 2670. The highest BCUT2D eigenvalue weighted by molar-refractivity contribution is 6.23. The Labute approximate surface area is 357 Å². The molecule has 0 radical (unpaired) electrons. The van der Waals surface area contributed by atoms with Gasteiger partial charge >= 0.3 is 0 Å². The van der Waals surface area contributed by atoms with Crippen LogP contribution in [0.25, 0.3) is 32.9 Å². The molecule has 1 aliphatic carbocycles. The summed E-state index contributed by atoms with van der Waals surface area (Å²) in [6.45, 7) is 5.13. The summed E-state index contributed by atoms with van der Waals surface area (Å²) in [6.07, 6.45) is 8.52. The Balaban J connectivity index is 0.657. The number of hydrogen-bond acceptors (Lipinski definition) is 12. The highest BCUT2D eigenvalue weighted by atomic mass is 16.5. The molecule has 2 N–H and O–H groups in total. The Kier molecular flexibility index (Phi) is 10.3. The molecule has 3 saturated heterocycles. The van der Waals surface area contributed by atoms with Crippen LogP contribution >= 0.6 is 0 Å². The minimum atomic E-state index is -1.02. The molecule has 5 aliphatic rings. The smallest absolute Gasteiger partial charge is 0.262 e. The molecule has 62 heavy (non-hydrogen) atoms. The summed E-state index contributed by atoms with van der Waals surface area (Å²) < 4.78 is 20.6. The van der Waals surface area contributed by atoms with Crippen molar-refractivity contribution in [2.45, 2.75) is 61.9 Å². The van der Waals surface area contributed by atoms with Gasteiger partial charge in [0.05, 0.1) is 41.0 Å². The Morgan fingerprint density at radius 1 is 0.887 bits per heavy atom. The summed E-state index contributed by atoms with van der Waals surface area (Å²) in [7, 11) is 2.07. The normalized spacial score (nSPS) is 23.9. The van der Waals surface area contributed by atoms with Crippen LogP contribution in [0.3, 0.4) is 0 Å². The summed E-state index contributed by atoms with van der Waals surface area (Å²) in [4.78, 5) is 64.5. The summed E-state index contributed by atoms with van der Waals surface area (Å²) >= 11 is 0. The van der Waals surface area contributed by atoms with Crippen LogP contribution in [-0.4, -0.2) is 134 Å². The fourth-order valence-corrected chi connectivity index (χ4v) is 9.80. The number of nitrogens with one attached hydrogen (secondary N) is 1. The number of likely N-dealkylation sites (tertiary alicyclic amines) is 1. The van der Waals surface area contributed by atoms with Gasteiger partial charge in [-0.1, -0.05) is 24.0 Å². The molecule has 1 spiro atoms. The fourth-order valence-electron chi connectivity index (χ4n) is 9.80. The number of benzene rings is 2. The molecule has 1 unspecified atom stereocenters. The van der Waals surface area contributed by atoms with Gasteiger partial charge in [0.2, 0.25) is 17.7 Å². The van der Waals surface area contributed by atoms with Crippen molar-refractivity contribution in [3.05, 3.63) is 84.3 Å². The second-order valence-electron chi connectivity index (χ2n) is 17.3. The molecule has 318 valence electrons. The number of pyridine rings is 2. The molecule has 0 bridgehead atoms. The molecule has 3 aromatic heterocycles. The van der Waals surface area contributed by atoms with Gasteiger partial charge in [0.15, 0.2) is 0 Å². The van der Waals surface area contributed by atoms with Crippen molar-refractivity contribution in [2.75, 3.05) is 52.5 Å². The van der Waals surface area contributed by atoms with E-state index in [0.717, 1.165) is 71.5 Å². The number of carbonyl (C=O) groups excluding carboxylic acids is 4. The Morgan fingerprint density at radius 3 is 2.52 bits per heavy atom. The largest absolute Gasteiger partial charge is 0.481 e. The van der Waals surface area contributed by atoms with Gasteiger partial charge in [-0.3, -0.25) is 39.3 Å². The zero-order valence-electron chi connectivity index (χ0n) is 34.5. The van der Waals surface area contributed by atoms with Crippen LogP contribution in [0.4, 0.5) is 0 Å². The topological polar surface area (TPSA) is 169 Å². The Morgan fingerprint density at radius 2 is 1.71 bits per heavy atom. The molecule has 2 aromatic carbocycles. The third-order valence-corrected chi connectivity index (χ3v) is 13.1. The molecule has 7 heterocycles. The maximum Gasteiger partial charge on any atom is 0.262 e. The molecule has 15 heteroatoms. The van der Waals surface area contributed by atoms with E-state index < -0.39 is 35.3 Å². The molecule has 4 fully saturated rings. The van der Waals surface area contributed by atoms with Gasteiger partial charge < -0.3 is 28.8 Å². The zero-order valence-corrected chi connectivity index (χ0v) is 34.5. The standard InChI is InChI=1S/C47H47N7O8/c1-51-38-12-15-48-27-37(38)34-7-4-30(22-40(34)51)31-5-11-42(49-26-31)62-33-24-46(59,25-33)28-53-17-13-47(14-18-53)29-52(19-21-61-47)16-2-3-20-60-32-6-8-35-36(23-32)45(58)54(44(35)57)39-9-10-41(55)50-43(39)56/h4-8,11-12,15,22-23,26-27,33,39,59H,9-10,13-14,16-21,24-25,28-29H2,1H3,(H,50,55,56)/t33-,39?,46+. The number of amides is 4. The van der Waals surface area contributed by atoms with Gasteiger partial charge in [-0.05, 0) is 61.2 Å². The van der Waals surface area contributed by atoms with E-state index >= 15 is 0 Å². The maximum absolute atomic E-state index is 13.1. The second-order valence-corrected chi connectivity index (χ2v) is 17.3. The van der Waals surface area contributed by atoms with E-state index in [0.29, 0.717) is 44.2 Å². The predicted octanol–water partition coefficient (Wildman–Crippen LogP) is 3.71. The first-order chi connectivity index (χ1) is 30.0. The van der Waals surface area contributed by atoms with Gasteiger partial charge in [-0.25, -0.2) is 4.98 Å². The third-order valence-electron chi connectivity index (χ3n) is 13.1. The number of nitrogens with zero attached hydrogens (tertiary/aromatic N) is 6. The van der Waals surface area contributed by atoms with Crippen molar-refractivity contribution in [3.8, 4) is 34.6 Å². The van der Waals surface area contributed by atoms with E-state index in [1.54, 1.807) is 6.07 Å². The lowest BCUT2D eigenvalue weighted by Crippen LogP contribution is -2.60. The number of imide groups is 2. The lowest BCUT2D eigenvalue weighted by molar-refractivity contribution is -0.152. The SMILES string of the molecule is Cn1c2ccncc2c2ccc(-c3ccc(O[C@H]4C[C@](O)(CN5CCC6(CC5)CN(CC#CCOc5ccc7c(c5)C(=O)N(C5CCC(=O)NC5=O)C7=O)CCO6)C4)nc3)cc21. The van der Waals surface area contributed by atoms with Crippen LogP contribution in [0.2, 0.25) is 0 Å². The van der Waals surface area contributed by atoms with Crippen molar-refractivity contribution < 1.29 is 38.5 Å². The number of fused-ring (bicyclic) bond motifs is 4. The van der Waals surface area contributed by atoms with Crippen LogP contribution in [0.5, 0.6) is 11.6 Å². The molecule has 1 saturated carbocycles. The minimum Gasteiger partial charge on any atom is -0.481 e. The zero-order chi connectivity index (χ0) is 42.6. The molecule has 1 atom stereocenters. The van der Waals surface area contributed by atoms with E-state index in [1.807, 2.05) is 36.8 Å². The van der Waals surface area contributed by atoms with E-state index in [2.05, 4.69) is 66.7 Å². The van der Waals surface area contributed by atoms with Crippen LogP contribution in [0, 0.1) is 11.8 Å². The molecule has 4 aliphatic heterocycles. The van der Waals surface area contributed by atoms with Crippen LogP contribution in [0.1, 0.15) is 59.2 Å². The van der Waals surface area contributed by atoms with E-state index in [4.69, 9.17) is 14.2 Å². The van der Waals surface area contributed by atoms with Crippen LogP contribution in [0.15, 0.2) is 73.2 Å². The fraction of sp³-hybridized carbons (Fsp3) is 0.404. The van der Waals surface area contributed by atoms with Gasteiger partial charge in [0, 0.05) is 106 Å².